The van der Waals surface area contributed by atoms with Crippen molar-refractivity contribution < 1.29 is 13.9 Å². The van der Waals surface area contributed by atoms with Crippen molar-refractivity contribution in [2.24, 2.45) is 11.7 Å². The minimum Gasteiger partial charge on any atom is -0.396 e. The molecule has 0 bridgehead atoms. The summed E-state index contributed by atoms with van der Waals surface area (Å²) in [7, 11) is 0. The zero-order valence-electron chi connectivity index (χ0n) is 19.7. The molecule has 2 heterocycles. The number of aromatic nitrogens is 2. The molecule has 9 heteroatoms. The van der Waals surface area contributed by atoms with Crippen LogP contribution in [0.1, 0.15) is 35.7 Å². The summed E-state index contributed by atoms with van der Waals surface area (Å²) in [6.07, 6.45) is 1.61. The minimum atomic E-state index is -0.769. The number of aliphatic hydroxyl groups excluding tert-OH is 1. The van der Waals surface area contributed by atoms with Gasteiger partial charge in [-0.25, -0.2) is 13.6 Å². The monoisotopic (exact) mass is 484 g/mol. The van der Waals surface area contributed by atoms with E-state index in [0.29, 0.717) is 24.5 Å². The molecule has 2 atom stereocenters. The van der Waals surface area contributed by atoms with Crippen LogP contribution in [0.3, 0.4) is 0 Å². The molecular formula is C26H30F2N4O3. The van der Waals surface area contributed by atoms with Crippen LogP contribution in [0.25, 0.3) is 0 Å². The fraction of sp³-hybridized carbons (Fsp3) is 0.385. The molecule has 1 saturated heterocycles. The number of nitrogens with zero attached hydrogens (tertiary/aromatic N) is 3. The Balaban J connectivity index is 1.86. The lowest BCUT2D eigenvalue weighted by atomic mass is 9.98. The Bertz CT molecular complexity index is 1290. The van der Waals surface area contributed by atoms with Crippen molar-refractivity contribution in [1.29, 1.82) is 0 Å². The Hall–Kier alpha value is -3.30. The number of nitrogens with two attached hydrogens (primary N) is 1. The molecule has 1 aromatic heterocycles. The van der Waals surface area contributed by atoms with Crippen molar-refractivity contribution in [1.82, 2.24) is 9.13 Å². The van der Waals surface area contributed by atoms with Crippen LogP contribution in [0.5, 0.6) is 0 Å². The van der Waals surface area contributed by atoms with Gasteiger partial charge in [-0.2, -0.15) is 0 Å². The van der Waals surface area contributed by atoms with Gasteiger partial charge in [-0.1, -0.05) is 36.4 Å². The third-order valence-corrected chi connectivity index (χ3v) is 6.74. The van der Waals surface area contributed by atoms with Crippen molar-refractivity contribution >= 4 is 5.69 Å². The first-order valence-electron chi connectivity index (χ1n) is 11.7. The molecule has 3 N–H and O–H groups in total. The second kappa shape index (κ2) is 10.5. The lowest BCUT2D eigenvalue weighted by Gasteiger charge is -2.34. The SMILES string of the molecule is Cc1c(N2CCCC(CO)C2)c(=O)n(C[C@H](N)c2ccccc2)c(=O)n1Cc1c(F)cccc1F. The van der Waals surface area contributed by atoms with Crippen molar-refractivity contribution in [3.05, 3.63) is 97.8 Å². The molecule has 186 valence electrons. The van der Waals surface area contributed by atoms with Gasteiger partial charge in [0.15, 0.2) is 0 Å². The molecular weight excluding hydrogens is 454 g/mol. The summed E-state index contributed by atoms with van der Waals surface area (Å²) in [6, 6.07) is 12.0. The number of hydrogen-bond acceptors (Lipinski definition) is 5. The summed E-state index contributed by atoms with van der Waals surface area (Å²) in [5, 5.41) is 9.68. The number of piperidine rings is 1. The minimum absolute atomic E-state index is 0.00744. The van der Waals surface area contributed by atoms with Crippen LogP contribution in [-0.2, 0) is 13.1 Å². The van der Waals surface area contributed by atoms with E-state index in [1.54, 1.807) is 6.92 Å². The normalized spacial score (nSPS) is 16.9. The Morgan fingerprint density at radius 1 is 1.06 bits per heavy atom. The Kier molecular flexibility index (Phi) is 7.47. The molecule has 4 rings (SSSR count). The topological polar surface area (TPSA) is 93.5 Å². The van der Waals surface area contributed by atoms with E-state index in [9.17, 15) is 23.5 Å². The predicted octanol–water partition coefficient (Wildman–Crippen LogP) is 2.55. The van der Waals surface area contributed by atoms with E-state index in [-0.39, 0.29) is 31.2 Å². The number of aliphatic hydroxyl groups is 1. The fourth-order valence-electron chi connectivity index (χ4n) is 4.76. The van der Waals surface area contributed by atoms with Gasteiger partial charge in [-0.3, -0.25) is 13.9 Å². The second-order valence-electron chi connectivity index (χ2n) is 9.07. The van der Waals surface area contributed by atoms with E-state index in [4.69, 9.17) is 5.73 Å². The van der Waals surface area contributed by atoms with E-state index in [1.807, 2.05) is 35.2 Å². The summed E-state index contributed by atoms with van der Waals surface area (Å²) in [6.45, 7) is 2.16. The fourth-order valence-corrected chi connectivity index (χ4v) is 4.76. The maximum absolute atomic E-state index is 14.5. The second-order valence-corrected chi connectivity index (χ2v) is 9.07. The summed E-state index contributed by atoms with van der Waals surface area (Å²) in [5.74, 6) is -1.54. The van der Waals surface area contributed by atoms with E-state index in [0.717, 1.165) is 35.1 Å². The van der Waals surface area contributed by atoms with Crippen LogP contribution >= 0.6 is 0 Å². The van der Waals surface area contributed by atoms with Gasteiger partial charge in [-0.05, 0) is 43.4 Å². The van der Waals surface area contributed by atoms with Crippen molar-refractivity contribution in [3.8, 4) is 0 Å². The summed E-state index contributed by atoms with van der Waals surface area (Å²) in [5.41, 5.74) is 6.29. The molecule has 1 unspecified atom stereocenters. The zero-order valence-corrected chi connectivity index (χ0v) is 19.7. The average Bonchev–Trinajstić information content (AvgIpc) is 2.86. The highest BCUT2D eigenvalue weighted by atomic mass is 19.1. The third kappa shape index (κ3) is 5.06. The number of rotatable bonds is 7. The molecule has 0 radical (unpaired) electrons. The summed E-state index contributed by atoms with van der Waals surface area (Å²) >= 11 is 0. The number of anilines is 1. The summed E-state index contributed by atoms with van der Waals surface area (Å²) < 4.78 is 31.3. The Labute approximate surface area is 202 Å². The van der Waals surface area contributed by atoms with Crippen LogP contribution in [0, 0.1) is 24.5 Å². The standard InChI is InChI=1S/C26H30F2N4O3/c1-17-24(30-12-6-7-18(13-30)16-33)25(34)32(15-23(29)19-8-3-2-4-9-19)26(35)31(17)14-20-21(27)10-5-11-22(20)28/h2-5,8-11,18,23,33H,6-7,12-16,29H2,1H3/t18?,23-/m0/s1. The van der Waals surface area contributed by atoms with Crippen molar-refractivity contribution in [2.45, 2.75) is 38.9 Å². The first kappa shape index (κ1) is 24.8. The van der Waals surface area contributed by atoms with Gasteiger partial charge in [0.2, 0.25) is 0 Å². The van der Waals surface area contributed by atoms with Gasteiger partial charge >= 0.3 is 5.69 Å². The highest BCUT2D eigenvalue weighted by molar-refractivity contribution is 5.49. The maximum atomic E-state index is 14.5. The molecule has 35 heavy (non-hydrogen) atoms. The zero-order chi connectivity index (χ0) is 25.1. The molecule has 1 aliphatic heterocycles. The third-order valence-electron chi connectivity index (χ3n) is 6.74. The molecule has 7 nitrogen and oxygen atoms in total. The van der Waals surface area contributed by atoms with E-state index in [1.165, 1.54) is 10.6 Å². The molecule has 1 aliphatic rings. The van der Waals surface area contributed by atoms with E-state index in [2.05, 4.69) is 0 Å². The van der Waals surface area contributed by atoms with E-state index < -0.39 is 28.9 Å². The van der Waals surface area contributed by atoms with Crippen LogP contribution in [0.4, 0.5) is 14.5 Å². The summed E-state index contributed by atoms with van der Waals surface area (Å²) in [4.78, 5) is 29.0. The maximum Gasteiger partial charge on any atom is 0.331 e. The first-order chi connectivity index (χ1) is 16.8. The molecule has 0 saturated carbocycles. The van der Waals surface area contributed by atoms with Crippen LogP contribution in [0.2, 0.25) is 0 Å². The first-order valence-corrected chi connectivity index (χ1v) is 11.7. The van der Waals surface area contributed by atoms with Gasteiger partial charge < -0.3 is 15.7 Å². The van der Waals surface area contributed by atoms with E-state index >= 15 is 0 Å². The molecule has 3 aromatic rings. The van der Waals surface area contributed by atoms with Gasteiger partial charge in [0.05, 0.1) is 13.1 Å². The van der Waals surface area contributed by atoms with Crippen molar-refractivity contribution in [2.75, 3.05) is 24.6 Å². The van der Waals surface area contributed by atoms with Crippen molar-refractivity contribution in [3.63, 3.8) is 0 Å². The highest BCUT2D eigenvalue weighted by Gasteiger charge is 2.27. The van der Waals surface area contributed by atoms with Crippen LogP contribution < -0.4 is 21.9 Å². The molecule has 0 spiro atoms. The van der Waals surface area contributed by atoms with Gasteiger partial charge in [0.1, 0.15) is 17.3 Å². The number of halogens is 2. The largest absolute Gasteiger partial charge is 0.396 e. The quantitative estimate of drug-likeness (QED) is 0.538. The predicted molar refractivity (Wildman–Crippen MR) is 131 cm³/mol. The molecule has 0 amide bonds. The number of benzene rings is 2. The Morgan fingerprint density at radius 3 is 2.40 bits per heavy atom. The molecule has 0 aliphatic carbocycles. The van der Waals surface area contributed by atoms with Crippen LogP contribution in [-0.4, -0.2) is 33.9 Å². The molecule has 1 fully saturated rings. The highest BCUT2D eigenvalue weighted by Crippen LogP contribution is 2.24. The smallest absolute Gasteiger partial charge is 0.331 e. The lowest BCUT2D eigenvalue weighted by molar-refractivity contribution is 0.208. The molecule has 2 aromatic carbocycles. The van der Waals surface area contributed by atoms with Gasteiger partial charge in [0, 0.05) is 37.0 Å². The van der Waals surface area contributed by atoms with Crippen LogP contribution in [0.15, 0.2) is 58.1 Å². The Morgan fingerprint density at radius 2 is 1.74 bits per heavy atom. The average molecular weight is 485 g/mol. The lowest BCUT2D eigenvalue weighted by Crippen LogP contribution is -2.48. The van der Waals surface area contributed by atoms with Gasteiger partial charge in [-0.15, -0.1) is 0 Å². The number of hydrogen-bond donors (Lipinski definition) is 2. The van der Waals surface area contributed by atoms with Gasteiger partial charge in [0.25, 0.3) is 5.56 Å².